The lowest BCUT2D eigenvalue weighted by molar-refractivity contribution is -0.356. The molecule has 24 heteroatoms. The summed E-state index contributed by atoms with van der Waals surface area (Å²) in [6.07, 6.45) is -29.3. The third kappa shape index (κ3) is 8.47. The van der Waals surface area contributed by atoms with Crippen molar-refractivity contribution in [2.75, 3.05) is 13.2 Å². The van der Waals surface area contributed by atoms with Crippen LogP contribution in [0.2, 0.25) is 0 Å². The van der Waals surface area contributed by atoms with Crippen LogP contribution in [-0.4, -0.2) is 177 Å². The molecule has 16 atom stereocenters. The molecule has 0 bridgehead atoms. The highest BCUT2D eigenvalue weighted by molar-refractivity contribution is 7.46. The lowest BCUT2D eigenvalue weighted by atomic mass is 9.84. The van der Waals surface area contributed by atoms with Gasteiger partial charge in [0, 0.05) is 0 Å². The molecular formula is C18H35NO21P2. The second-order valence-corrected chi connectivity index (χ2v) is 12.3. The van der Waals surface area contributed by atoms with Crippen LogP contribution >= 0.6 is 15.6 Å². The predicted octanol–water partition coefficient (Wildman–Crippen LogP) is -7.99. The van der Waals surface area contributed by atoms with Crippen LogP contribution in [0.1, 0.15) is 0 Å². The monoisotopic (exact) mass is 663 g/mol. The molecule has 2 heterocycles. The first-order valence-electron chi connectivity index (χ1n) is 12.1. The molecule has 3 rings (SSSR count). The summed E-state index contributed by atoms with van der Waals surface area (Å²) in [5.41, 5.74) is 5.96. The van der Waals surface area contributed by atoms with Crippen molar-refractivity contribution in [3.05, 3.63) is 0 Å². The number of hydrogen-bond acceptors (Lipinski definition) is 18. The minimum atomic E-state index is -5.21. The molecule has 3 fully saturated rings. The topological polar surface area (TPSA) is 379 Å². The van der Waals surface area contributed by atoms with E-state index in [1.807, 2.05) is 0 Å². The second-order valence-electron chi connectivity index (χ2n) is 9.85. The third-order valence-electron chi connectivity index (χ3n) is 6.86. The molecule has 3 aliphatic rings. The van der Waals surface area contributed by atoms with Gasteiger partial charge in [0.05, 0.1) is 19.3 Å². The van der Waals surface area contributed by atoms with Gasteiger partial charge >= 0.3 is 15.6 Å². The number of nitrogens with two attached hydrogens (primary N) is 1. The fourth-order valence-corrected chi connectivity index (χ4v) is 5.22. The predicted molar refractivity (Wildman–Crippen MR) is 125 cm³/mol. The summed E-state index contributed by atoms with van der Waals surface area (Å²) in [7, 11) is -10.3. The van der Waals surface area contributed by atoms with Crippen LogP contribution in [-0.2, 0) is 37.1 Å². The first kappa shape index (κ1) is 36.1. The molecule has 0 aromatic rings. The average molecular weight is 663 g/mol. The summed E-state index contributed by atoms with van der Waals surface area (Å²) in [5.74, 6) is 0. The molecule has 2 unspecified atom stereocenters. The summed E-state index contributed by atoms with van der Waals surface area (Å²) < 4.78 is 52.6. The summed E-state index contributed by atoms with van der Waals surface area (Å²) in [5, 5.41) is 91.7. The Bertz CT molecular complexity index is 967. The fourth-order valence-electron chi connectivity index (χ4n) is 4.54. The minimum Gasteiger partial charge on any atom is -0.388 e. The average Bonchev–Trinajstić information content (AvgIpc) is 2.90. The van der Waals surface area contributed by atoms with Gasteiger partial charge in [-0.3, -0.25) is 9.05 Å². The maximum atomic E-state index is 11.3. The van der Waals surface area contributed by atoms with Crippen LogP contribution in [0.4, 0.5) is 0 Å². The number of phosphoric acid groups is 2. The van der Waals surface area contributed by atoms with Gasteiger partial charge in [-0.05, 0) is 0 Å². The Labute approximate surface area is 235 Å². The molecule has 0 spiro atoms. The largest absolute Gasteiger partial charge is 0.469 e. The molecule has 15 N–H and O–H groups in total. The lowest BCUT2D eigenvalue weighted by Gasteiger charge is -2.48. The highest BCUT2D eigenvalue weighted by Gasteiger charge is 2.54. The molecule has 1 aliphatic carbocycles. The highest BCUT2D eigenvalue weighted by Crippen LogP contribution is 2.39. The number of ether oxygens (including phenoxy) is 4. The molecule has 2 aliphatic heterocycles. The van der Waals surface area contributed by atoms with Crippen LogP contribution in [0.3, 0.4) is 0 Å². The van der Waals surface area contributed by atoms with Crippen molar-refractivity contribution >= 4 is 15.6 Å². The first-order chi connectivity index (χ1) is 19.2. The SMILES string of the molecule is N[C@H]1[C@@H](OC2[C@@H](O)[C@H](O)C(O)[C@@H](O)[C@H]2O)O[C@H](COP(=O)(O)O)[C@@H](O[C@H]2O[C@H](COP(=O)(O)O)[C@H](O)[C@H](O)[C@H]2O)[C@@H]1O. The molecule has 248 valence electrons. The second kappa shape index (κ2) is 14.0. The Morgan fingerprint density at radius 3 is 1.43 bits per heavy atom. The molecule has 0 aromatic carbocycles. The van der Waals surface area contributed by atoms with Gasteiger partial charge in [0.1, 0.15) is 79.4 Å². The van der Waals surface area contributed by atoms with Gasteiger partial charge < -0.3 is 90.2 Å². The van der Waals surface area contributed by atoms with E-state index in [1.54, 1.807) is 0 Å². The molecule has 0 radical (unpaired) electrons. The van der Waals surface area contributed by atoms with Crippen LogP contribution in [0.5, 0.6) is 0 Å². The van der Waals surface area contributed by atoms with Gasteiger partial charge in [0.2, 0.25) is 0 Å². The Morgan fingerprint density at radius 2 is 0.929 bits per heavy atom. The minimum absolute atomic E-state index is 1.02. The maximum absolute atomic E-state index is 11.3. The summed E-state index contributed by atoms with van der Waals surface area (Å²) in [6, 6.07) is -1.72. The highest BCUT2D eigenvalue weighted by atomic mass is 31.2. The van der Waals surface area contributed by atoms with Gasteiger partial charge in [-0.1, -0.05) is 0 Å². The van der Waals surface area contributed by atoms with Crippen LogP contribution < -0.4 is 5.73 Å². The van der Waals surface area contributed by atoms with E-state index in [2.05, 4.69) is 9.05 Å². The van der Waals surface area contributed by atoms with Crippen molar-refractivity contribution in [2.45, 2.75) is 98.0 Å². The van der Waals surface area contributed by atoms with E-state index in [4.69, 9.17) is 44.3 Å². The Balaban J connectivity index is 1.82. The Morgan fingerprint density at radius 1 is 0.524 bits per heavy atom. The molecule has 0 amide bonds. The Hall–Kier alpha value is -0.340. The number of rotatable bonds is 10. The molecule has 0 aromatic heterocycles. The van der Waals surface area contributed by atoms with Crippen molar-refractivity contribution in [1.82, 2.24) is 0 Å². The van der Waals surface area contributed by atoms with E-state index < -0.39 is 127 Å². The van der Waals surface area contributed by atoms with Crippen LogP contribution in [0, 0.1) is 0 Å². The molecule has 1 saturated carbocycles. The van der Waals surface area contributed by atoms with Gasteiger partial charge in [-0.15, -0.1) is 0 Å². The van der Waals surface area contributed by atoms with E-state index in [9.17, 15) is 55.1 Å². The maximum Gasteiger partial charge on any atom is 0.469 e. The molecule has 2 saturated heterocycles. The normalized spacial score (nSPS) is 47.4. The van der Waals surface area contributed by atoms with E-state index in [1.165, 1.54) is 0 Å². The summed E-state index contributed by atoms with van der Waals surface area (Å²) in [6.45, 7) is -2.10. The van der Waals surface area contributed by atoms with Gasteiger partial charge in [0.25, 0.3) is 0 Å². The zero-order valence-corrected chi connectivity index (χ0v) is 23.0. The van der Waals surface area contributed by atoms with Crippen molar-refractivity contribution < 1.29 is 103 Å². The smallest absolute Gasteiger partial charge is 0.388 e. The number of hydrogen-bond donors (Lipinski definition) is 14. The molecule has 22 nitrogen and oxygen atoms in total. The zero-order chi connectivity index (χ0) is 31.9. The number of aliphatic hydroxyl groups is 9. The van der Waals surface area contributed by atoms with Gasteiger partial charge in [0.15, 0.2) is 12.6 Å². The number of aliphatic hydroxyl groups excluding tert-OH is 9. The van der Waals surface area contributed by atoms with Gasteiger partial charge in [-0.2, -0.15) is 0 Å². The van der Waals surface area contributed by atoms with E-state index in [0.29, 0.717) is 0 Å². The van der Waals surface area contributed by atoms with Crippen molar-refractivity contribution in [3.63, 3.8) is 0 Å². The molecule has 42 heavy (non-hydrogen) atoms. The molecular weight excluding hydrogens is 628 g/mol. The van der Waals surface area contributed by atoms with E-state index in [-0.39, 0.29) is 0 Å². The van der Waals surface area contributed by atoms with Crippen molar-refractivity contribution in [1.29, 1.82) is 0 Å². The zero-order valence-electron chi connectivity index (χ0n) is 21.2. The van der Waals surface area contributed by atoms with Crippen LogP contribution in [0.15, 0.2) is 0 Å². The lowest BCUT2D eigenvalue weighted by Crippen LogP contribution is -2.69. The standard InChI is InChI=1S/C18H35NO21P2/c19-5-7(21)15(39-18-14(28)8(22)6(20)3(37-18)1-35-41(29,30)31)4(2-36-42(32,33)34)38-17(5)40-16-12(26)10(24)9(23)11(25)13(16)27/h3-18,20-28H,1-2,19H2,(H2,29,30,31)(H2,32,33,34)/t3-,4-,5-,6+,7-,8+,9?,10-,11-,12-,13+,14-,15-,16?,17-,18-/m1/s1. The third-order valence-corrected chi connectivity index (χ3v) is 7.83. The van der Waals surface area contributed by atoms with Crippen molar-refractivity contribution in [3.8, 4) is 0 Å². The fraction of sp³-hybridized carbons (Fsp3) is 1.00. The summed E-state index contributed by atoms with van der Waals surface area (Å²) >= 11 is 0. The summed E-state index contributed by atoms with van der Waals surface area (Å²) in [4.78, 5) is 36.1. The quantitative estimate of drug-likeness (QED) is 0.0965. The van der Waals surface area contributed by atoms with Crippen LogP contribution in [0.25, 0.3) is 0 Å². The Kier molecular flexibility index (Phi) is 12.0. The number of phosphoric ester groups is 2. The van der Waals surface area contributed by atoms with Crippen molar-refractivity contribution in [2.24, 2.45) is 5.73 Å². The van der Waals surface area contributed by atoms with E-state index >= 15 is 0 Å². The first-order valence-corrected chi connectivity index (χ1v) is 15.2. The van der Waals surface area contributed by atoms with Gasteiger partial charge in [-0.25, -0.2) is 9.13 Å². The van der Waals surface area contributed by atoms with E-state index in [0.717, 1.165) is 0 Å².